The minimum atomic E-state index is -0.625. The molecule has 0 aliphatic carbocycles. The molecule has 0 radical (unpaired) electrons. The van der Waals surface area contributed by atoms with E-state index in [9.17, 15) is 19.2 Å². The Balaban J connectivity index is 1.42. The summed E-state index contributed by atoms with van der Waals surface area (Å²) in [7, 11) is 1.45. The van der Waals surface area contributed by atoms with E-state index in [1.807, 2.05) is 6.07 Å². The Morgan fingerprint density at radius 1 is 1.15 bits per heavy atom. The van der Waals surface area contributed by atoms with E-state index in [1.54, 1.807) is 32.9 Å². The Morgan fingerprint density at radius 2 is 1.91 bits per heavy atom. The molecule has 0 aromatic heterocycles. The van der Waals surface area contributed by atoms with Crippen LogP contribution in [0.1, 0.15) is 49.5 Å². The molecule has 1 saturated heterocycles. The number of carbonyl (C=O) groups excluding carboxylic acids is 4. The molecule has 1 N–H and O–H groups in total. The molecule has 4 amide bonds. The third-order valence-corrected chi connectivity index (χ3v) is 5.32. The molecule has 180 valence electrons. The van der Waals surface area contributed by atoms with Crippen molar-refractivity contribution in [3.63, 3.8) is 0 Å². The van der Waals surface area contributed by atoms with E-state index >= 15 is 0 Å². The average Bonchev–Trinajstić information content (AvgIpc) is 3.06. The topological polar surface area (TPSA) is 114 Å². The molecule has 1 unspecified atom stereocenters. The number of ether oxygens (including phenoxy) is 3. The van der Waals surface area contributed by atoms with Gasteiger partial charge in [0.15, 0.2) is 0 Å². The fraction of sp³-hybridized carbons (Fsp3) is 0.565. The molecule has 1 fully saturated rings. The molecule has 1 aromatic carbocycles. The van der Waals surface area contributed by atoms with Crippen LogP contribution < -0.4 is 10.1 Å². The number of likely N-dealkylation sites (N-methyl/N-ethyl adjacent to an activating group) is 1. The van der Waals surface area contributed by atoms with Gasteiger partial charge in [-0.15, -0.1) is 0 Å². The number of carbonyl (C=O) groups is 4. The van der Waals surface area contributed by atoms with Gasteiger partial charge in [-0.3, -0.25) is 19.3 Å². The fourth-order valence-corrected chi connectivity index (χ4v) is 3.69. The Morgan fingerprint density at radius 3 is 2.64 bits per heavy atom. The van der Waals surface area contributed by atoms with Crippen LogP contribution in [0.2, 0.25) is 0 Å². The number of rotatable bonds is 8. The normalized spacial score (nSPS) is 18.4. The summed E-state index contributed by atoms with van der Waals surface area (Å²) in [4.78, 5) is 51.3. The minimum Gasteiger partial charge on any atom is -0.491 e. The molecule has 0 saturated carbocycles. The van der Waals surface area contributed by atoms with Gasteiger partial charge in [-0.1, -0.05) is 6.07 Å². The zero-order valence-electron chi connectivity index (χ0n) is 19.5. The molecule has 2 aliphatic rings. The zero-order valence-corrected chi connectivity index (χ0v) is 19.5. The Hall–Kier alpha value is -3.14. The van der Waals surface area contributed by atoms with Crippen molar-refractivity contribution >= 4 is 23.8 Å². The predicted octanol–water partition coefficient (Wildman–Crippen LogP) is 1.71. The standard InChI is InChI=1S/C23H31N3O7/c1-23(2,3)33-22(30)24-9-10-31-11-12-32-16-6-5-15-14-26(20(28)17(15)13-16)18-7-8-19(27)25(4)21(18)29/h5-6,13,18H,7-12,14H2,1-4H3,(H,24,30). The summed E-state index contributed by atoms with van der Waals surface area (Å²) in [5.41, 5.74) is 0.778. The molecule has 3 rings (SSSR count). The largest absolute Gasteiger partial charge is 0.491 e. The number of benzene rings is 1. The van der Waals surface area contributed by atoms with E-state index in [1.165, 1.54) is 11.9 Å². The van der Waals surface area contributed by atoms with Crippen LogP contribution in [0.25, 0.3) is 0 Å². The van der Waals surface area contributed by atoms with Gasteiger partial charge in [0.2, 0.25) is 5.91 Å². The van der Waals surface area contributed by atoms with Gasteiger partial charge in [0.1, 0.15) is 24.0 Å². The summed E-state index contributed by atoms with van der Waals surface area (Å²) in [6.07, 6.45) is 0.0901. The molecule has 0 spiro atoms. The highest BCUT2D eigenvalue weighted by molar-refractivity contribution is 6.05. The van der Waals surface area contributed by atoms with Crippen molar-refractivity contribution in [2.24, 2.45) is 0 Å². The van der Waals surface area contributed by atoms with Crippen LogP contribution in [0.15, 0.2) is 18.2 Å². The molecule has 33 heavy (non-hydrogen) atoms. The smallest absolute Gasteiger partial charge is 0.407 e. The first-order chi connectivity index (χ1) is 15.6. The summed E-state index contributed by atoms with van der Waals surface area (Å²) in [5, 5.41) is 2.61. The first kappa shape index (κ1) is 24.5. The number of nitrogens with one attached hydrogen (secondary N) is 1. The van der Waals surface area contributed by atoms with E-state index < -0.39 is 17.7 Å². The fourth-order valence-electron chi connectivity index (χ4n) is 3.69. The molecule has 2 heterocycles. The van der Waals surface area contributed by atoms with Crippen LogP contribution in [0.3, 0.4) is 0 Å². The molecule has 10 nitrogen and oxygen atoms in total. The maximum Gasteiger partial charge on any atom is 0.407 e. The number of imide groups is 1. The third-order valence-electron chi connectivity index (χ3n) is 5.32. The van der Waals surface area contributed by atoms with Crippen molar-refractivity contribution in [3.8, 4) is 5.75 Å². The number of piperidine rings is 1. The van der Waals surface area contributed by atoms with E-state index in [0.717, 1.165) is 10.5 Å². The maximum absolute atomic E-state index is 12.9. The van der Waals surface area contributed by atoms with Gasteiger partial charge in [-0.25, -0.2) is 4.79 Å². The van der Waals surface area contributed by atoms with Gasteiger partial charge in [-0.2, -0.15) is 0 Å². The van der Waals surface area contributed by atoms with Gasteiger partial charge in [0, 0.05) is 32.1 Å². The van der Waals surface area contributed by atoms with Crippen molar-refractivity contribution in [1.82, 2.24) is 15.1 Å². The van der Waals surface area contributed by atoms with Crippen molar-refractivity contribution in [2.75, 3.05) is 33.4 Å². The number of fused-ring (bicyclic) bond motifs is 1. The Bertz CT molecular complexity index is 925. The highest BCUT2D eigenvalue weighted by Gasteiger charge is 2.41. The zero-order chi connectivity index (χ0) is 24.2. The summed E-state index contributed by atoms with van der Waals surface area (Å²) in [6, 6.07) is 4.64. The van der Waals surface area contributed by atoms with Crippen LogP contribution in [0.5, 0.6) is 5.75 Å². The molecular weight excluding hydrogens is 430 g/mol. The second kappa shape index (κ2) is 10.2. The first-order valence-corrected chi connectivity index (χ1v) is 11.0. The summed E-state index contributed by atoms with van der Waals surface area (Å²) < 4.78 is 16.2. The Kier molecular flexibility index (Phi) is 7.57. The Labute approximate surface area is 193 Å². The minimum absolute atomic E-state index is 0.223. The van der Waals surface area contributed by atoms with E-state index in [-0.39, 0.29) is 30.7 Å². The summed E-state index contributed by atoms with van der Waals surface area (Å²) in [6.45, 7) is 6.93. The van der Waals surface area contributed by atoms with Crippen LogP contribution in [0, 0.1) is 0 Å². The van der Waals surface area contributed by atoms with Crippen molar-refractivity contribution in [2.45, 2.75) is 51.8 Å². The second-order valence-corrected chi connectivity index (χ2v) is 8.99. The first-order valence-electron chi connectivity index (χ1n) is 11.0. The summed E-state index contributed by atoms with van der Waals surface area (Å²) >= 11 is 0. The van der Waals surface area contributed by atoms with Crippen LogP contribution in [-0.2, 0) is 25.6 Å². The number of hydrogen-bond acceptors (Lipinski definition) is 7. The van der Waals surface area contributed by atoms with E-state index in [0.29, 0.717) is 44.0 Å². The van der Waals surface area contributed by atoms with Gasteiger partial charge in [-0.05, 0) is 44.9 Å². The number of likely N-dealkylation sites (tertiary alicyclic amines) is 1. The van der Waals surface area contributed by atoms with E-state index in [2.05, 4.69) is 5.32 Å². The quantitative estimate of drug-likeness (QED) is 0.463. The molecule has 1 aromatic rings. The number of hydrogen-bond donors (Lipinski definition) is 1. The number of alkyl carbamates (subject to hydrolysis) is 1. The molecule has 1 atom stereocenters. The highest BCUT2D eigenvalue weighted by Crippen LogP contribution is 2.31. The van der Waals surface area contributed by atoms with Crippen LogP contribution in [0.4, 0.5) is 4.79 Å². The van der Waals surface area contributed by atoms with E-state index in [4.69, 9.17) is 14.2 Å². The van der Waals surface area contributed by atoms with Crippen molar-refractivity contribution < 1.29 is 33.4 Å². The monoisotopic (exact) mass is 461 g/mol. The van der Waals surface area contributed by atoms with Gasteiger partial charge in [0.25, 0.3) is 11.8 Å². The molecule has 10 heteroatoms. The highest BCUT2D eigenvalue weighted by atomic mass is 16.6. The van der Waals surface area contributed by atoms with Crippen LogP contribution in [-0.4, -0.2) is 78.7 Å². The van der Waals surface area contributed by atoms with Crippen LogP contribution >= 0.6 is 0 Å². The molecule has 2 aliphatic heterocycles. The van der Waals surface area contributed by atoms with Crippen molar-refractivity contribution in [1.29, 1.82) is 0 Å². The number of amides is 4. The van der Waals surface area contributed by atoms with Crippen molar-refractivity contribution in [3.05, 3.63) is 29.3 Å². The lowest BCUT2D eigenvalue weighted by atomic mass is 10.0. The lowest BCUT2D eigenvalue weighted by Crippen LogP contribution is -2.53. The summed E-state index contributed by atoms with van der Waals surface area (Å²) in [5.74, 6) is -0.274. The van der Waals surface area contributed by atoms with Gasteiger partial charge < -0.3 is 24.4 Å². The lowest BCUT2D eigenvalue weighted by Gasteiger charge is -2.33. The van der Waals surface area contributed by atoms with Gasteiger partial charge in [0.05, 0.1) is 13.2 Å². The third kappa shape index (κ3) is 6.22. The molecular formula is C23H31N3O7. The average molecular weight is 462 g/mol. The van der Waals surface area contributed by atoms with Gasteiger partial charge >= 0.3 is 6.09 Å². The second-order valence-electron chi connectivity index (χ2n) is 8.99. The maximum atomic E-state index is 12.9. The predicted molar refractivity (Wildman–Crippen MR) is 118 cm³/mol. The lowest BCUT2D eigenvalue weighted by molar-refractivity contribution is -0.150. The number of nitrogens with zero attached hydrogens (tertiary/aromatic N) is 2. The SMILES string of the molecule is CN1C(=O)CCC(N2Cc3ccc(OCCOCCNC(=O)OC(C)(C)C)cc3C2=O)C1=O. The molecule has 0 bridgehead atoms.